The third-order valence-corrected chi connectivity index (χ3v) is 4.12. The first-order valence-electron chi connectivity index (χ1n) is 7.33. The third kappa shape index (κ3) is 2.56. The smallest absolute Gasteiger partial charge is 0.110 e. The standard InChI is InChI=1S/C17H23NO2/c1-4-17(5-2,20-6-3)16(19)15-12-18-11-13-9-7-8-10-14(13)15/h7-12,16,19H,4-6H2,1-3H3. The summed E-state index contributed by atoms with van der Waals surface area (Å²) >= 11 is 0. The van der Waals surface area contributed by atoms with Crippen molar-refractivity contribution in [3.05, 3.63) is 42.2 Å². The van der Waals surface area contributed by atoms with E-state index in [0.29, 0.717) is 6.61 Å². The first-order chi connectivity index (χ1) is 9.68. The monoisotopic (exact) mass is 273 g/mol. The van der Waals surface area contributed by atoms with E-state index in [1.165, 1.54) is 0 Å². The maximum Gasteiger partial charge on any atom is 0.110 e. The van der Waals surface area contributed by atoms with Crippen LogP contribution in [-0.2, 0) is 4.74 Å². The van der Waals surface area contributed by atoms with Crippen LogP contribution in [0.3, 0.4) is 0 Å². The molecule has 1 heterocycles. The number of hydrogen-bond donors (Lipinski definition) is 1. The molecule has 0 fully saturated rings. The SMILES string of the molecule is CCOC(CC)(CC)C(O)c1cncc2ccccc12. The molecule has 1 aromatic carbocycles. The van der Waals surface area contributed by atoms with Gasteiger partial charge in [-0.15, -0.1) is 0 Å². The van der Waals surface area contributed by atoms with E-state index >= 15 is 0 Å². The lowest BCUT2D eigenvalue weighted by Crippen LogP contribution is -2.38. The highest BCUT2D eigenvalue weighted by Gasteiger charge is 2.37. The summed E-state index contributed by atoms with van der Waals surface area (Å²) in [5, 5.41) is 13.0. The van der Waals surface area contributed by atoms with Crippen LogP contribution in [0.25, 0.3) is 10.8 Å². The second kappa shape index (κ2) is 6.33. The summed E-state index contributed by atoms with van der Waals surface area (Å²) in [6, 6.07) is 8.00. The minimum Gasteiger partial charge on any atom is -0.385 e. The second-order valence-corrected chi connectivity index (χ2v) is 5.06. The summed E-state index contributed by atoms with van der Waals surface area (Å²) in [4.78, 5) is 4.26. The van der Waals surface area contributed by atoms with Crippen LogP contribution in [0.1, 0.15) is 45.3 Å². The summed E-state index contributed by atoms with van der Waals surface area (Å²) in [6.07, 6.45) is 4.44. The Balaban J connectivity index is 2.51. The number of rotatable bonds is 6. The van der Waals surface area contributed by atoms with Crippen molar-refractivity contribution in [2.45, 2.75) is 45.3 Å². The summed E-state index contributed by atoms with van der Waals surface area (Å²) in [7, 11) is 0. The van der Waals surface area contributed by atoms with Crippen LogP contribution in [0.2, 0.25) is 0 Å². The van der Waals surface area contributed by atoms with Crippen molar-refractivity contribution in [2.24, 2.45) is 0 Å². The molecule has 0 saturated carbocycles. The van der Waals surface area contributed by atoms with Gasteiger partial charge in [-0.3, -0.25) is 4.98 Å². The zero-order valence-electron chi connectivity index (χ0n) is 12.5. The fourth-order valence-corrected chi connectivity index (χ4v) is 2.85. The number of nitrogens with zero attached hydrogens (tertiary/aromatic N) is 1. The van der Waals surface area contributed by atoms with Gasteiger partial charge >= 0.3 is 0 Å². The molecule has 0 amide bonds. The molecular formula is C17H23NO2. The quantitative estimate of drug-likeness (QED) is 0.869. The molecule has 0 saturated heterocycles. The van der Waals surface area contributed by atoms with Crippen molar-refractivity contribution in [2.75, 3.05) is 6.61 Å². The number of pyridine rings is 1. The van der Waals surface area contributed by atoms with E-state index in [9.17, 15) is 5.11 Å². The highest BCUT2D eigenvalue weighted by atomic mass is 16.5. The minimum absolute atomic E-state index is 0.541. The van der Waals surface area contributed by atoms with Gasteiger partial charge in [0.2, 0.25) is 0 Å². The lowest BCUT2D eigenvalue weighted by Gasteiger charge is -2.36. The molecule has 0 aliphatic heterocycles. The van der Waals surface area contributed by atoms with E-state index in [2.05, 4.69) is 18.8 Å². The maximum absolute atomic E-state index is 10.9. The number of aromatic nitrogens is 1. The largest absolute Gasteiger partial charge is 0.385 e. The molecule has 0 spiro atoms. The third-order valence-electron chi connectivity index (χ3n) is 4.12. The second-order valence-electron chi connectivity index (χ2n) is 5.06. The Bertz CT molecular complexity index is 558. The number of ether oxygens (including phenoxy) is 1. The van der Waals surface area contributed by atoms with Gasteiger partial charge in [-0.2, -0.15) is 0 Å². The van der Waals surface area contributed by atoms with Crippen molar-refractivity contribution < 1.29 is 9.84 Å². The predicted molar refractivity (Wildman–Crippen MR) is 81.6 cm³/mol. The summed E-state index contributed by atoms with van der Waals surface area (Å²) in [5.74, 6) is 0. The van der Waals surface area contributed by atoms with E-state index in [-0.39, 0.29) is 0 Å². The van der Waals surface area contributed by atoms with Gasteiger partial charge in [-0.05, 0) is 25.2 Å². The first-order valence-corrected chi connectivity index (χ1v) is 7.33. The van der Waals surface area contributed by atoms with Crippen molar-refractivity contribution >= 4 is 10.8 Å². The number of fused-ring (bicyclic) bond motifs is 1. The zero-order chi connectivity index (χ0) is 14.6. The molecule has 3 heteroatoms. The predicted octanol–water partition coefficient (Wildman–Crippen LogP) is 3.86. The molecule has 1 aromatic heterocycles. The molecule has 0 aliphatic rings. The molecule has 3 nitrogen and oxygen atoms in total. The molecule has 1 atom stereocenters. The Labute approximate surface area is 120 Å². The van der Waals surface area contributed by atoms with E-state index in [1.54, 1.807) is 6.20 Å². The van der Waals surface area contributed by atoms with E-state index < -0.39 is 11.7 Å². The van der Waals surface area contributed by atoms with Crippen LogP contribution >= 0.6 is 0 Å². The molecule has 20 heavy (non-hydrogen) atoms. The molecule has 0 radical (unpaired) electrons. The van der Waals surface area contributed by atoms with Gasteiger partial charge in [0.05, 0.1) is 5.60 Å². The van der Waals surface area contributed by atoms with Crippen LogP contribution in [-0.4, -0.2) is 22.3 Å². The Morgan fingerprint density at radius 1 is 1.15 bits per heavy atom. The summed E-state index contributed by atoms with van der Waals surface area (Å²) in [5.41, 5.74) is 0.306. The van der Waals surface area contributed by atoms with Gasteiger partial charge in [-0.1, -0.05) is 38.1 Å². The van der Waals surface area contributed by atoms with Gasteiger partial charge in [0, 0.05) is 30.0 Å². The molecule has 2 aromatic rings. The van der Waals surface area contributed by atoms with Gasteiger partial charge in [-0.25, -0.2) is 0 Å². The van der Waals surface area contributed by atoms with Gasteiger partial charge in [0.15, 0.2) is 0 Å². The van der Waals surface area contributed by atoms with Crippen LogP contribution < -0.4 is 0 Å². The van der Waals surface area contributed by atoms with Crippen molar-refractivity contribution in [1.29, 1.82) is 0 Å². The van der Waals surface area contributed by atoms with Crippen molar-refractivity contribution in [3.8, 4) is 0 Å². The normalized spacial score (nSPS) is 13.6. The van der Waals surface area contributed by atoms with Crippen LogP contribution in [0.15, 0.2) is 36.7 Å². The molecular weight excluding hydrogens is 250 g/mol. The molecule has 0 aliphatic carbocycles. The van der Waals surface area contributed by atoms with Crippen LogP contribution in [0, 0.1) is 0 Å². The van der Waals surface area contributed by atoms with Gasteiger partial charge < -0.3 is 9.84 Å². The van der Waals surface area contributed by atoms with E-state index in [4.69, 9.17) is 4.74 Å². The fraction of sp³-hybridized carbons (Fsp3) is 0.471. The lowest BCUT2D eigenvalue weighted by atomic mass is 9.85. The van der Waals surface area contributed by atoms with Gasteiger partial charge in [0.25, 0.3) is 0 Å². The average Bonchev–Trinajstić information content (AvgIpc) is 2.51. The molecule has 1 unspecified atom stereocenters. The lowest BCUT2D eigenvalue weighted by molar-refractivity contribution is -0.127. The Kier molecular flexibility index (Phi) is 4.73. The van der Waals surface area contributed by atoms with E-state index in [0.717, 1.165) is 29.2 Å². The van der Waals surface area contributed by atoms with Crippen molar-refractivity contribution in [3.63, 3.8) is 0 Å². The highest BCUT2D eigenvalue weighted by molar-refractivity contribution is 5.85. The number of aliphatic hydroxyl groups excluding tert-OH is 1. The summed E-state index contributed by atoms with van der Waals surface area (Å²) < 4.78 is 5.92. The molecule has 0 bridgehead atoms. The molecule has 1 N–H and O–H groups in total. The summed E-state index contributed by atoms with van der Waals surface area (Å²) in [6.45, 7) is 6.67. The average molecular weight is 273 g/mol. The van der Waals surface area contributed by atoms with Crippen LogP contribution in [0.5, 0.6) is 0 Å². The van der Waals surface area contributed by atoms with Crippen LogP contribution in [0.4, 0.5) is 0 Å². The van der Waals surface area contributed by atoms with Crippen molar-refractivity contribution in [1.82, 2.24) is 4.98 Å². The first kappa shape index (κ1) is 14.9. The topological polar surface area (TPSA) is 42.4 Å². The van der Waals surface area contributed by atoms with E-state index in [1.807, 2.05) is 37.4 Å². The molecule has 2 rings (SSSR count). The number of aliphatic hydroxyl groups is 1. The minimum atomic E-state index is -0.670. The Morgan fingerprint density at radius 2 is 1.85 bits per heavy atom. The Hall–Kier alpha value is -1.45. The number of benzene rings is 1. The number of hydrogen-bond acceptors (Lipinski definition) is 3. The fourth-order valence-electron chi connectivity index (χ4n) is 2.85. The highest BCUT2D eigenvalue weighted by Crippen LogP contribution is 2.37. The van der Waals surface area contributed by atoms with Gasteiger partial charge in [0.1, 0.15) is 6.10 Å². The maximum atomic E-state index is 10.9. The Morgan fingerprint density at radius 3 is 2.50 bits per heavy atom. The molecule has 108 valence electrons. The zero-order valence-corrected chi connectivity index (χ0v) is 12.5.